The van der Waals surface area contributed by atoms with Gasteiger partial charge < -0.3 is 14.6 Å². The predicted octanol–water partition coefficient (Wildman–Crippen LogP) is 3.19. The molecule has 26 heavy (non-hydrogen) atoms. The first-order valence-electron chi connectivity index (χ1n) is 8.96. The van der Waals surface area contributed by atoms with Crippen molar-refractivity contribution in [2.24, 2.45) is 5.92 Å². The highest BCUT2D eigenvalue weighted by atomic mass is 19.1. The zero-order valence-corrected chi connectivity index (χ0v) is 14.8. The summed E-state index contributed by atoms with van der Waals surface area (Å²) in [6.45, 7) is 3.40. The van der Waals surface area contributed by atoms with E-state index in [-0.39, 0.29) is 35.2 Å². The number of benzene rings is 1. The fourth-order valence-corrected chi connectivity index (χ4v) is 3.36. The average molecular weight is 358 g/mol. The molecule has 0 aliphatic carbocycles. The first-order chi connectivity index (χ1) is 12.6. The minimum Gasteiger partial charge on any atom is -0.459 e. The molecule has 0 bridgehead atoms. The van der Waals surface area contributed by atoms with Crippen molar-refractivity contribution in [1.29, 1.82) is 0 Å². The van der Waals surface area contributed by atoms with Crippen LogP contribution in [0.1, 0.15) is 41.8 Å². The Balaban J connectivity index is 1.79. The van der Waals surface area contributed by atoms with E-state index < -0.39 is 0 Å². The summed E-state index contributed by atoms with van der Waals surface area (Å²) >= 11 is 0. The number of amides is 2. The smallest absolute Gasteiger partial charge is 0.289 e. The van der Waals surface area contributed by atoms with Crippen LogP contribution in [0.4, 0.5) is 4.39 Å². The van der Waals surface area contributed by atoms with Crippen LogP contribution in [0.15, 0.2) is 47.1 Å². The molecule has 1 aliphatic rings. The minimum absolute atomic E-state index is 0.0671. The Morgan fingerprint density at radius 1 is 1.23 bits per heavy atom. The van der Waals surface area contributed by atoms with Crippen LogP contribution in [0.3, 0.4) is 0 Å². The first kappa shape index (κ1) is 18.2. The zero-order chi connectivity index (χ0) is 18.5. The molecule has 0 saturated carbocycles. The van der Waals surface area contributed by atoms with Crippen molar-refractivity contribution in [2.45, 2.75) is 25.7 Å². The molecular formula is C20H23FN2O3. The lowest BCUT2D eigenvalue weighted by Gasteiger charge is -2.18. The molecule has 1 saturated heterocycles. The molecule has 2 aromatic rings. The molecule has 2 heterocycles. The van der Waals surface area contributed by atoms with Crippen molar-refractivity contribution in [1.82, 2.24) is 10.2 Å². The summed E-state index contributed by atoms with van der Waals surface area (Å²) in [4.78, 5) is 26.9. The number of nitrogens with zero attached hydrogens (tertiary/aromatic N) is 1. The quantitative estimate of drug-likeness (QED) is 0.807. The van der Waals surface area contributed by atoms with Gasteiger partial charge in [-0.25, -0.2) is 4.39 Å². The SMILES string of the molecule is CCCCNC(=O)C1CN(C(=O)c2ccco2)CC1c1ccc(F)cc1. The van der Waals surface area contributed by atoms with Gasteiger partial charge in [0, 0.05) is 25.6 Å². The van der Waals surface area contributed by atoms with Gasteiger partial charge in [-0.3, -0.25) is 9.59 Å². The highest BCUT2D eigenvalue weighted by Gasteiger charge is 2.41. The number of unbranched alkanes of at least 4 members (excludes halogenated alkanes) is 1. The van der Waals surface area contributed by atoms with Gasteiger partial charge in [0.2, 0.25) is 5.91 Å². The third kappa shape index (κ3) is 3.95. The van der Waals surface area contributed by atoms with Gasteiger partial charge in [-0.1, -0.05) is 25.5 Å². The second-order valence-electron chi connectivity index (χ2n) is 6.60. The molecule has 6 heteroatoms. The Morgan fingerprint density at radius 3 is 2.65 bits per heavy atom. The Labute approximate surface area is 152 Å². The van der Waals surface area contributed by atoms with Crippen molar-refractivity contribution < 1.29 is 18.4 Å². The first-order valence-corrected chi connectivity index (χ1v) is 8.96. The maximum absolute atomic E-state index is 13.3. The summed E-state index contributed by atoms with van der Waals surface area (Å²) < 4.78 is 18.5. The molecule has 1 aliphatic heterocycles. The highest BCUT2D eigenvalue weighted by Crippen LogP contribution is 2.34. The van der Waals surface area contributed by atoms with Gasteiger partial charge in [-0.05, 0) is 36.2 Å². The van der Waals surface area contributed by atoms with E-state index in [0.717, 1.165) is 18.4 Å². The number of rotatable bonds is 6. The second kappa shape index (κ2) is 8.17. The van der Waals surface area contributed by atoms with Gasteiger partial charge in [0.05, 0.1) is 12.2 Å². The van der Waals surface area contributed by atoms with Gasteiger partial charge in [-0.2, -0.15) is 0 Å². The van der Waals surface area contributed by atoms with E-state index in [1.807, 2.05) is 0 Å². The van der Waals surface area contributed by atoms with Gasteiger partial charge in [0.25, 0.3) is 5.91 Å². The molecule has 1 aromatic carbocycles. The molecule has 1 N–H and O–H groups in total. The summed E-state index contributed by atoms with van der Waals surface area (Å²) in [5.41, 5.74) is 0.858. The lowest BCUT2D eigenvalue weighted by molar-refractivity contribution is -0.124. The third-order valence-corrected chi connectivity index (χ3v) is 4.80. The van der Waals surface area contributed by atoms with E-state index >= 15 is 0 Å². The molecule has 2 atom stereocenters. The van der Waals surface area contributed by atoms with E-state index in [1.165, 1.54) is 18.4 Å². The van der Waals surface area contributed by atoms with Crippen molar-refractivity contribution >= 4 is 11.8 Å². The molecular weight excluding hydrogens is 335 g/mol. The number of hydrogen-bond acceptors (Lipinski definition) is 3. The summed E-state index contributed by atoms with van der Waals surface area (Å²) in [5, 5.41) is 2.96. The summed E-state index contributed by atoms with van der Waals surface area (Å²) in [7, 11) is 0. The fourth-order valence-electron chi connectivity index (χ4n) is 3.36. The molecule has 1 aromatic heterocycles. The van der Waals surface area contributed by atoms with Crippen LogP contribution in [-0.2, 0) is 4.79 Å². The molecule has 2 unspecified atom stereocenters. The lowest BCUT2D eigenvalue weighted by atomic mass is 9.88. The van der Waals surface area contributed by atoms with E-state index in [9.17, 15) is 14.0 Å². The van der Waals surface area contributed by atoms with E-state index in [4.69, 9.17) is 4.42 Å². The van der Waals surface area contributed by atoms with Crippen LogP contribution in [0.2, 0.25) is 0 Å². The maximum atomic E-state index is 13.3. The van der Waals surface area contributed by atoms with Crippen LogP contribution in [0.5, 0.6) is 0 Å². The molecule has 3 rings (SSSR count). The van der Waals surface area contributed by atoms with Crippen molar-refractivity contribution in [3.05, 3.63) is 59.8 Å². The van der Waals surface area contributed by atoms with Crippen LogP contribution in [0.25, 0.3) is 0 Å². The molecule has 0 radical (unpaired) electrons. The van der Waals surface area contributed by atoms with Crippen molar-refractivity contribution in [3.63, 3.8) is 0 Å². The Bertz CT molecular complexity index is 743. The topological polar surface area (TPSA) is 62.6 Å². The van der Waals surface area contributed by atoms with Gasteiger partial charge in [0.1, 0.15) is 5.82 Å². The minimum atomic E-state index is -0.365. The zero-order valence-electron chi connectivity index (χ0n) is 14.8. The third-order valence-electron chi connectivity index (χ3n) is 4.80. The molecule has 5 nitrogen and oxygen atoms in total. The van der Waals surface area contributed by atoms with Crippen LogP contribution in [-0.4, -0.2) is 36.3 Å². The number of carbonyl (C=O) groups excluding carboxylic acids is 2. The monoisotopic (exact) mass is 358 g/mol. The molecule has 2 amide bonds. The van der Waals surface area contributed by atoms with Crippen LogP contribution < -0.4 is 5.32 Å². The van der Waals surface area contributed by atoms with Crippen LogP contribution in [0, 0.1) is 11.7 Å². The number of nitrogens with one attached hydrogen (secondary N) is 1. The Kier molecular flexibility index (Phi) is 5.71. The van der Waals surface area contributed by atoms with Crippen LogP contribution >= 0.6 is 0 Å². The standard InChI is InChI=1S/C20H23FN2O3/c1-2-3-10-22-19(24)17-13-23(20(25)18-5-4-11-26-18)12-16(17)14-6-8-15(21)9-7-14/h4-9,11,16-17H,2-3,10,12-13H2,1H3,(H,22,24). The highest BCUT2D eigenvalue weighted by molar-refractivity contribution is 5.92. The molecule has 138 valence electrons. The van der Waals surface area contributed by atoms with E-state index in [2.05, 4.69) is 12.2 Å². The van der Waals surface area contributed by atoms with Crippen molar-refractivity contribution in [2.75, 3.05) is 19.6 Å². The lowest BCUT2D eigenvalue weighted by Crippen LogP contribution is -2.36. The number of furan rings is 1. The summed E-state index contributed by atoms with van der Waals surface area (Å²) in [5.74, 6) is -0.894. The average Bonchev–Trinajstić information content (AvgIpc) is 3.32. The summed E-state index contributed by atoms with van der Waals surface area (Å²) in [6, 6.07) is 9.43. The predicted molar refractivity (Wildman–Crippen MR) is 95.2 cm³/mol. The number of likely N-dealkylation sites (tertiary alicyclic amines) is 1. The number of halogens is 1. The van der Waals surface area contributed by atoms with E-state index in [0.29, 0.717) is 19.6 Å². The van der Waals surface area contributed by atoms with Gasteiger partial charge in [-0.15, -0.1) is 0 Å². The molecule has 0 spiro atoms. The van der Waals surface area contributed by atoms with E-state index in [1.54, 1.807) is 29.2 Å². The summed E-state index contributed by atoms with van der Waals surface area (Å²) in [6.07, 6.45) is 3.36. The normalized spacial score (nSPS) is 19.5. The maximum Gasteiger partial charge on any atom is 0.289 e. The Hall–Kier alpha value is -2.63. The fraction of sp³-hybridized carbons (Fsp3) is 0.400. The number of hydrogen-bond donors (Lipinski definition) is 1. The molecule has 1 fully saturated rings. The number of carbonyl (C=O) groups is 2. The van der Waals surface area contributed by atoms with Gasteiger partial charge in [0.15, 0.2) is 5.76 Å². The Morgan fingerprint density at radius 2 is 2.00 bits per heavy atom. The largest absolute Gasteiger partial charge is 0.459 e. The second-order valence-corrected chi connectivity index (χ2v) is 6.60. The van der Waals surface area contributed by atoms with Crippen molar-refractivity contribution in [3.8, 4) is 0 Å². The van der Waals surface area contributed by atoms with Gasteiger partial charge >= 0.3 is 0 Å².